The van der Waals surface area contributed by atoms with Gasteiger partial charge in [-0.25, -0.2) is 4.79 Å². The minimum absolute atomic E-state index is 0.0160. The molecular formula is C28H34N2O5. The second kappa shape index (κ2) is 11.9. The molecule has 0 aromatic heterocycles. The number of ether oxygens (including phenoxy) is 1. The van der Waals surface area contributed by atoms with E-state index in [0.717, 1.165) is 32.1 Å². The van der Waals surface area contributed by atoms with E-state index in [2.05, 4.69) is 34.9 Å². The van der Waals surface area contributed by atoms with Crippen molar-refractivity contribution in [2.24, 2.45) is 5.92 Å². The molecule has 2 aromatic rings. The number of carboxylic acid groups (broad SMARTS) is 1. The van der Waals surface area contributed by atoms with E-state index < -0.39 is 12.1 Å². The summed E-state index contributed by atoms with van der Waals surface area (Å²) in [5.41, 5.74) is 4.75. The Balaban J connectivity index is 1.22. The molecule has 2 atom stereocenters. The summed E-state index contributed by atoms with van der Waals surface area (Å²) < 4.78 is 5.66. The van der Waals surface area contributed by atoms with Crippen molar-refractivity contribution in [1.29, 1.82) is 0 Å². The fourth-order valence-electron chi connectivity index (χ4n) is 5.30. The highest BCUT2D eigenvalue weighted by molar-refractivity contribution is 5.80. The highest BCUT2D eigenvalue weighted by atomic mass is 16.5. The average Bonchev–Trinajstić information content (AvgIpc) is 3.18. The number of unbranched alkanes of at least 4 members (excludes halogenated alkanes) is 2. The van der Waals surface area contributed by atoms with Crippen molar-refractivity contribution >= 4 is 18.0 Å². The zero-order chi connectivity index (χ0) is 24.6. The monoisotopic (exact) mass is 478 g/mol. The van der Waals surface area contributed by atoms with Gasteiger partial charge >= 0.3 is 12.1 Å². The number of aliphatic carboxylic acids is 1. The van der Waals surface area contributed by atoms with Crippen LogP contribution in [0.4, 0.5) is 4.79 Å². The molecule has 0 bridgehead atoms. The lowest BCUT2D eigenvalue weighted by Gasteiger charge is -2.29. The summed E-state index contributed by atoms with van der Waals surface area (Å²) in [4.78, 5) is 35.7. The molecule has 2 aliphatic rings. The molecule has 35 heavy (non-hydrogen) atoms. The minimum atomic E-state index is -0.786. The molecule has 7 heteroatoms. The van der Waals surface area contributed by atoms with E-state index in [4.69, 9.17) is 9.84 Å². The van der Waals surface area contributed by atoms with Crippen LogP contribution in [0.2, 0.25) is 0 Å². The summed E-state index contributed by atoms with van der Waals surface area (Å²) in [5, 5.41) is 14.6. The van der Waals surface area contributed by atoms with Crippen LogP contribution in [0.5, 0.6) is 0 Å². The van der Waals surface area contributed by atoms with Crippen LogP contribution in [0.1, 0.15) is 68.4 Å². The molecule has 7 nitrogen and oxygen atoms in total. The van der Waals surface area contributed by atoms with Crippen molar-refractivity contribution < 1.29 is 24.2 Å². The second-order valence-corrected chi connectivity index (χ2v) is 9.53. The number of nitrogens with one attached hydrogen (secondary N) is 2. The fraction of sp³-hybridized carbons (Fsp3) is 0.464. The predicted molar refractivity (Wildman–Crippen MR) is 133 cm³/mol. The van der Waals surface area contributed by atoms with E-state index in [9.17, 15) is 14.4 Å². The maximum Gasteiger partial charge on any atom is 0.407 e. The Morgan fingerprint density at radius 2 is 1.60 bits per heavy atom. The van der Waals surface area contributed by atoms with Gasteiger partial charge in [-0.1, -0.05) is 61.4 Å². The second-order valence-electron chi connectivity index (χ2n) is 9.53. The fourth-order valence-corrected chi connectivity index (χ4v) is 5.30. The van der Waals surface area contributed by atoms with Crippen molar-refractivity contribution in [2.45, 2.75) is 63.3 Å². The summed E-state index contributed by atoms with van der Waals surface area (Å²) in [5.74, 6) is -0.872. The minimum Gasteiger partial charge on any atom is -0.481 e. The molecule has 1 saturated carbocycles. The standard InChI is InChI=1S/C28H34N2O5/c31-26(32)15-2-1-7-16-29-27(33)19-9-8-10-20(17-19)30-28(34)35-18-25-23-13-5-3-11-21(23)22-12-4-6-14-24(22)25/h3-6,11-14,19-20,25H,1-2,7-10,15-18H2,(H,29,33)(H,30,34)(H,31,32)/t19-,20+/m0/s1. The molecule has 186 valence electrons. The maximum absolute atomic E-state index is 12.6. The summed E-state index contributed by atoms with van der Waals surface area (Å²) in [6.45, 7) is 0.831. The molecule has 2 aromatic carbocycles. The van der Waals surface area contributed by atoms with Crippen LogP contribution in [0.25, 0.3) is 11.1 Å². The lowest BCUT2D eigenvalue weighted by Crippen LogP contribution is -2.43. The van der Waals surface area contributed by atoms with Gasteiger partial charge in [0.2, 0.25) is 5.91 Å². The molecular weight excluding hydrogens is 444 g/mol. The number of hydrogen-bond donors (Lipinski definition) is 3. The molecule has 4 rings (SSSR count). The van der Waals surface area contributed by atoms with Crippen molar-refractivity contribution in [1.82, 2.24) is 10.6 Å². The Hall–Kier alpha value is -3.35. The first kappa shape index (κ1) is 24.8. The van der Waals surface area contributed by atoms with Crippen LogP contribution in [-0.4, -0.2) is 42.3 Å². The first-order valence-electron chi connectivity index (χ1n) is 12.6. The zero-order valence-electron chi connectivity index (χ0n) is 20.0. The normalized spacial score (nSPS) is 18.9. The third-order valence-electron chi connectivity index (χ3n) is 7.08. The SMILES string of the molecule is O=C(O)CCCCCNC(=O)[C@H]1CCC[C@@H](NC(=O)OCC2c3ccccc3-c3ccccc32)C1. The molecule has 1 fully saturated rings. The van der Waals surface area contributed by atoms with Crippen molar-refractivity contribution in [3.8, 4) is 11.1 Å². The van der Waals surface area contributed by atoms with Crippen molar-refractivity contribution in [3.05, 3.63) is 59.7 Å². The zero-order valence-corrected chi connectivity index (χ0v) is 20.0. The van der Waals surface area contributed by atoms with E-state index in [1.54, 1.807) is 0 Å². The predicted octanol–water partition coefficient (Wildman–Crippen LogP) is 4.85. The van der Waals surface area contributed by atoms with Crippen LogP contribution in [0, 0.1) is 5.92 Å². The van der Waals surface area contributed by atoms with Crippen LogP contribution in [0.3, 0.4) is 0 Å². The molecule has 0 heterocycles. The maximum atomic E-state index is 12.6. The lowest BCUT2D eigenvalue weighted by atomic mass is 9.85. The highest BCUT2D eigenvalue weighted by Crippen LogP contribution is 2.44. The molecule has 2 amide bonds. The quantitative estimate of drug-likeness (QED) is 0.424. The van der Waals surface area contributed by atoms with Crippen LogP contribution >= 0.6 is 0 Å². The summed E-state index contributed by atoms with van der Waals surface area (Å²) in [6.07, 6.45) is 5.05. The number of carboxylic acids is 1. The van der Waals surface area contributed by atoms with Crippen LogP contribution < -0.4 is 10.6 Å². The van der Waals surface area contributed by atoms with E-state index >= 15 is 0 Å². The van der Waals surface area contributed by atoms with Crippen molar-refractivity contribution in [2.75, 3.05) is 13.2 Å². The lowest BCUT2D eigenvalue weighted by molar-refractivity contribution is -0.137. The van der Waals surface area contributed by atoms with E-state index in [1.165, 1.54) is 22.3 Å². The van der Waals surface area contributed by atoms with Gasteiger partial charge in [-0.3, -0.25) is 9.59 Å². The van der Waals surface area contributed by atoms with Gasteiger partial charge in [0.15, 0.2) is 0 Å². The molecule has 2 aliphatic carbocycles. The number of alkyl carbamates (subject to hydrolysis) is 1. The van der Waals surface area contributed by atoms with E-state index in [1.807, 2.05) is 24.3 Å². The Bertz CT molecular complexity index is 1010. The number of hydrogen-bond acceptors (Lipinski definition) is 4. The third-order valence-corrected chi connectivity index (χ3v) is 7.08. The first-order valence-corrected chi connectivity index (χ1v) is 12.6. The summed E-state index contributed by atoms with van der Waals surface area (Å²) >= 11 is 0. The molecule has 0 aliphatic heterocycles. The van der Waals surface area contributed by atoms with Crippen molar-refractivity contribution in [3.63, 3.8) is 0 Å². The van der Waals surface area contributed by atoms with Gasteiger partial charge in [0, 0.05) is 30.8 Å². The average molecular weight is 479 g/mol. The Kier molecular flexibility index (Phi) is 8.40. The first-order chi connectivity index (χ1) is 17.0. The summed E-state index contributed by atoms with van der Waals surface area (Å²) in [6, 6.07) is 16.4. The van der Waals surface area contributed by atoms with Gasteiger partial charge in [-0.2, -0.15) is 0 Å². The number of rotatable bonds is 10. The van der Waals surface area contributed by atoms with Gasteiger partial charge in [-0.05, 0) is 54.4 Å². The Morgan fingerprint density at radius 3 is 2.29 bits per heavy atom. The number of amides is 2. The number of carbonyl (C=O) groups is 3. The van der Waals surface area contributed by atoms with Crippen LogP contribution in [0.15, 0.2) is 48.5 Å². The van der Waals surface area contributed by atoms with E-state index in [-0.39, 0.29) is 36.8 Å². The Morgan fingerprint density at radius 1 is 0.914 bits per heavy atom. The summed E-state index contributed by atoms with van der Waals surface area (Å²) in [7, 11) is 0. The third kappa shape index (κ3) is 6.41. The van der Waals surface area contributed by atoms with E-state index in [0.29, 0.717) is 19.4 Å². The molecule has 0 unspecified atom stereocenters. The molecule has 0 saturated heterocycles. The van der Waals surface area contributed by atoms with Gasteiger partial charge in [0.1, 0.15) is 6.61 Å². The Labute approximate surface area is 206 Å². The van der Waals surface area contributed by atoms with Gasteiger partial charge in [0.05, 0.1) is 0 Å². The highest BCUT2D eigenvalue weighted by Gasteiger charge is 2.31. The molecule has 0 spiro atoms. The van der Waals surface area contributed by atoms with Gasteiger partial charge < -0.3 is 20.5 Å². The number of benzene rings is 2. The topological polar surface area (TPSA) is 105 Å². The smallest absolute Gasteiger partial charge is 0.407 e. The van der Waals surface area contributed by atoms with Gasteiger partial charge in [-0.15, -0.1) is 0 Å². The largest absolute Gasteiger partial charge is 0.481 e. The van der Waals surface area contributed by atoms with Crippen LogP contribution in [-0.2, 0) is 14.3 Å². The molecule has 3 N–H and O–H groups in total. The van der Waals surface area contributed by atoms with Gasteiger partial charge in [0.25, 0.3) is 0 Å². The number of fused-ring (bicyclic) bond motifs is 3. The molecule has 0 radical (unpaired) electrons. The number of carbonyl (C=O) groups excluding carboxylic acids is 2.